The summed E-state index contributed by atoms with van der Waals surface area (Å²) in [5.74, 6) is -2.69. The molecule has 4 N–H and O–H groups in total. The first kappa shape index (κ1) is 45.6. The molecule has 0 spiro atoms. The van der Waals surface area contributed by atoms with Crippen LogP contribution in [0.1, 0.15) is 42.5 Å². The largest absolute Gasteiger partial charge is 0.494 e. The van der Waals surface area contributed by atoms with Crippen LogP contribution in [0.5, 0.6) is 5.75 Å². The third-order valence-electron chi connectivity index (χ3n) is 13.0. The molecule has 1 aromatic carbocycles. The van der Waals surface area contributed by atoms with Crippen LogP contribution >= 0.6 is 0 Å². The number of hydrogen-bond acceptors (Lipinski definition) is 14. The summed E-state index contributed by atoms with van der Waals surface area (Å²) in [4.78, 5) is 92.7. The summed E-state index contributed by atoms with van der Waals surface area (Å²) >= 11 is 0. The summed E-state index contributed by atoms with van der Waals surface area (Å²) < 4.78 is 6.14. The number of piperazine rings is 1. The number of ether oxygens (including phenoxy) is 1. The van der Waals surface area contributed by atoms with Crippen molar-refractivity contribution < 1.29 is 48.8 Å². The molecule has 1 aromatic heterocycles. The molecule has 2 aromatic rings. The number of amides is 3. The van der Waals surface area contributed by atoms with E-state index in [-0.39, 0.29) is 62.7 Å². The lowest BCUT2D eigenvalue weighted by Crippen LogP contribution is -2.58. The maximum atomic E-state index is 14.0. The van der Waals surface area contributed by atoms with Gasteiger partial charge in [-0.25, -0.2) is 0 Å². The predicted octanol–water partition coefficient (Wildman–Crippen LogP) is -0.603. The zero-order valence-electron chi connectivity index (χ0n) is 35.6. The number of pyridine rings is 1. The van der Waals surface area contributed by atoms with Crippen LogP contribution in [0.15, 0.2) is 30.5 Å². The first-order chi connectivity index (χ1) is 30.3. The summed E-state index contributed by atoms with van der Waals surface area (Å²) in [6.07, 6.45) is 5.68. The average molecular weight is 875 g/mol. The molecule has 2 unspecified atom stereocenters. The average Bonchev–Trinajstić information content (AvgIpc) is 3.82. The van der Waals surface area contributed by atoms with Crippen LogP contribution in [-0.2, 0) is 24.0 Å². The summed E-state index contributed by atoms with van der Waals surface area (Å²) in [6, 6.07) is 8.99. The lowest BCUT2D eigenvalue weighted by Gasteiger charge is -2.42. The summed E-state index contributed by atoms with van der Waals surface area (Å²) in [6.45, 7) is 4.62. The monoisotopic (exact) mass is 874 g/mol. The van der Waals surface area contributed by atoms with E-state index in [1.807, 2.05) is 15.9 Å². The molecule has 5 atom stereocenters. The van der Waals surface area contributed by atoms with Gasteiger partial charge in [-0.05, 0) is 62.3 Å². The second kappa shape index (κ2) is 20.8. The summed E-state index contributed by atoms with van der Waals surface area (Å²) in [5.41, 5.74) is 0.988. The number of likely N-dealkylation sites (tertiary alicyclic amines) is 2. The Kier molecular flexibility index (Phi) is 15.1. The van der Waals surface area contributed by atoms with Gasteiger partial charge in [-0.1, -0.05) is 0 Å². The minimum Gasteiger partial charge on any atom is -0.494 e. The van der Waals surface area contributed by atoms with E-state index in [0.29, 0.717) is 93.5 Å². The highest BCUT2D eigenvalue weighted by atomic mass is 16.5. The van der Waals surface area contributed by atoms with E-state index in [1.165, 1.54) is 0 Å². The van der Waals surface area contributed by atoms with Crippen molar-refractivity contribution in [3.05, 3.63) is 36.0 Å². The van der Waals surface area contributed by atoms with E-state index >= 15 is 0 Å². The zero-order chi connectivity index (χ0) is 44.6. The number of benzene rings is 1. The zero-order valence-corrected chi connectivity index (χ0v) is 35.6. The van der Waals surface area contributed by atoms with Gasteiger partial charge >= 0.3 is 17.9 Å². The number of nitrogens with zero attached hydrogens (tertiary/aromatic N) is 9. The predicted molar refractivity (Wildman–Crippen MR) is 226 cm³/mol. The van der Waals surface area contributed by atoms with Gasteiger partial charge in [0.1, 0.15) is 11.8 Å². The van der Waals surface area contributed by atoms with E-state index in [9.17, 15) is 49.3 Å². The number of nitrogens with one attached hydrogen (secondary N) is 1. The van der Waals surface area contributed by atoms with Crippen LogP contribution in [0, 0.1) is 17.2 Å². The van der Waals surface area contributed by atoms with Gasteiger partial charge in [-0.15, -0.1) is 0 Å². The molecule has 4 saturated heterocycles. The number of piperidine rings is 1. The molecule has 5 heterocycles. The number of carboxylic acid groups (broad SMARTS) is 3. The molecule has 2 bridgehead atoms. The molecule has 3 amide bonds. The molecule has 340 valence electrons. The molecular weight excluding hydrogens is 817 g/mol. The smallest absolute Gasteiger partial charge is 0.317 e. The van der Waals surface area contributed by atoms with Gasteiger partial charge in [0.2, 0.25) is 11.8 Å². The van der Waals surface area contributed by atoms with Gasteiger partial charge in [-0.2, -0.15) is 5.26 Å². The normalized spacial score (nSPS) is 25.1. The SMILES string of the molecule is N#C[C@@H]1C[C@@H]2C[C@@H]2N1C(=O)CNC(=O)c1ccnc2ccc(OCCCN3CC4CCC(C3)N4C(=O)CN3CCN(CC(=O)O)CCN(CC(=O)O)CCN(CC(=O)O)CC3)cc12. The fourth-order valence-electron chi connectivity index (χ4n) is 9.80. The molecule has 5 fully saturated rings. The third kappa shape index (κ3) is 12.0. The number of aliphatic carboxylic acids is 3. The van der Waals surface area contributed by atoms with Crippen LogP contribution in [0.4, 0.5) is 0 Å². The highest BCUT2D eigenvalue weighted by Gasteiger charge is 2.54. The molecular formula is C43H58N10O10. The van der Waals surface area contributed by atoms with Crippen molar-refractivity contribution in [1.29, 1.82) is 5.26 Å². The van der Waals surface area contributed by atoms with E-state index in [1.54, 1.807) is 44.0 Å². The number of nitriles is 1. The first-order valence-electron chi connectivity index (χ1n) is 21.9. The van der Waals surface area contributed by atoms with Crippen molar-refractivity contribution in [1.82, 2.24) is 44.6 Å². The topological polar surface area (TPSA) is 244 Å². The minimum absolute atomic E-state index is 0.000788. The Morgan fingerprint density at radius 1 is 0.730 bits per heavy atom. The Balaban J connectivity index is 0.892. The Labute approximate surface area is 365 Å². The van der Waals surface area contributed by atoms with E-state index in [2.05, 4.69) is 21.3 Å². The van der Waals surface area contributed by atoms with Crippen LogP contribution in [-0.4, -0.2) is 226 Å². The van der Waals surface area contributed by atoms with Crippen molar-refractivity contribution in [3.8, 4) is 11.8 Å². The van der Waals surface area contributed by atoms with Gasteiger partial charge in [-0.3, -0.25) is 58.3 Å². The van der Waals surface area contributed by atoms with Crippen molar-refractivity contribution in [2.75, 3.05) is 111 Å². The highest BCUT2D eigenvalue weighted by Crippen LogP contribution is 2.47. The first-order valence-corrected chi connectivity index (χ1v) is 21.9. The number of carboxylic acids is 3. The maximum Gasteiger partial charge on any atom is 0.317 e. The van der Waals surface area contributed by atoms with Crippen LogP contribution in [0.2, 0.25) is 0 Å². The van der Waals surface area contributed by atoms with Crippen molar-refractivity contribution >= 4 is 46.5 Å². The van der Waals surface area contributed by atoms with Crippen molar-refractivity contribution in [2.45, 2.75) is 56.3 Å². The van der Waals surface area contributed by atoms with Crippen molar-refractivity contribution in [2.24, 2.45) is 5.92 Å². The molecule has 4 aliphatic heterocycles. The Bertz CT molecular complexity index is 2020. The standard InChI is InChI=1S/C43H58N10O10/c44-21-32-18-29-19-37(29)53(32)38(54)22-46-43(62)34-6-7-45-36-5-4-33(20-35(34)36)63-17-1-8-51-23-30-2-3-31(24-51)52(30)39(55)25-47-9-11-48(26-40(56)57)13-15-50(28-42(60)61)16-14-49(12-10-47)27-41(58)59/h4-7,20,29-32,37H,1-3,8-19,22-28H2,(H,46,62)(H,56,57)(H,58,59)(H,60,61)/t29-,30?,31?,32+,37+/m1/s1. The molecule has 5 aliphatic rings. The number of fused-ring (bicyclic) bond motifs is 4. The van der Waals surface area contributed by atoms with Gasteiger partial charge in [0, 0.05) is 102 Å². The molecule has 20 nitrogen and oxygen atoms in total. The molecule has 1 aliphatic carbocycles. The Morgan fingerprint density at radius 2 is 1.30 bits per heavy atom. The minimum atomic E-state index is -1.02. The number of aromatic nitrogens is 1. The van der Waals surface area contributed by atoms with Gasteiger partial charge in [0.15, 0.2) is 0 Å². The molecule has 7 rings (SSSR count). The summed E-state index contributed by atoms with van der Waals surface area (Å²) in [7, 11) is 0. The molecule has 20 heteroatoms. The van der Waals surface area contributed by atoms with Crippen LogP contribution in [0.25, 0.3) is 10.9 Å². The van der Waals surface area contributed by atoms with Crippen molar-refractivity contribution in [3.63, 3.8) is 0 Å². The number of carbonyl (C=O) groups excluding carboxylic acids is 3. The lowest BCUT2D eigenvalue weighted by atomic mass is 10.1. The fourth-order valence-corrected chi connectivity index (χ4v) is 9.80. The Hall–Kier alpha value is -5.46. The fraction of sp³-hybridized carbons (Fsp3) is 0.628. The number of hydrogen-bond donors (Lipinski definition) is 4. The Morgan fingerprint density at radius 3 is 1.86 bits per heavy atom. The molecule has 63 heavy (non-hydrogen) atoms. The van der Waals surface area contributed by atoms with E-state index in [4.69, 9.17) is 4.74 Å². The quantitative estimate of drug-likeness (QED) is 0.154. The van der Waals surface area contributed by atoms with E-state index in [0.717, 1.165) is 45.3 Å². The number of rotatable bonds is 16. The second-order valence-electron chi connectivity index (χ2n) is 17.4. The highest BCUT2D eigenvalue weighted by molar-refractivity contribution is 6.07. The molecule has 0 radical (unpaired) electrons. The van der Waals surface area contributed by atoms with Crippen LogP contribution in [0.3, 0.4) is 0 Å². The lowest BCUT2D eigenvalue weighted by molar-refractivity contribution is -0.141. The van der Waals surface area contributed by atoms with Gasteiger partial charge < -0.3 is 35.2 Å². The summed E-state index contributed by atoms with van der Waals surface area (Å²) in [5, 5.41) is 41.4. The second-order valence-corrected chi connectivity index (χ2v) is 17.4. The maximum absolute atomic E-state index is 14.0. The van der Waals surface area contributed by atoms with Crippen LogP contribution < -0.4 is 10.1 Å². The van der Waals surface area contributed by atoms with E-state index < -0.39 is 29.9 Å². The number of carbonyl (C=O) groups is 6. The third-order valence-corrected chi connectivity index (χ3v) is 13.0. The van der Waals surface area contributed by atoms with Gasteiger partial charge in [0.25, 0.3) is 5.91 Å². The molecule has 1 saturated carbocycles. The van der Waals surface area contributed by atoms with Gasteiger partial charge in [0.05, 0.1) is 56.5 Å².